The van der Waals surface area contributed by atoms with E-state index >= 15 is 0 Å². The molecule has 0 fully saturated rings. The molecule has 0 atom stereocenters. The van der Waals surface area contributed by atoms with Gasteiger partial charge in [-0.2, -0.15) is 0 Å². The van der Waals surface area contributed by atoms with Gasteiger partial charge < -0.3 is 5.73 Å². The zero-order chi connectivity index (χ0) is 11.4. The molecule has 16 heavy (non-hydrogen) atoms. The van der Waals surface area contributed by atoms with E-state index in [4.69, 9.17) is 17.3 Å². The molecule has 0 saturated carbocycles. The van der Waals surface area contributed by atoms with Crippen molar-refractivity contribution < 1.29 is 0 Å². The summed E-state index contributed by atoms with van der Waals surface area (Å²) >= 11 is 5.78. The fourth-order valence-corrected chi connectivity index (χ4v) is 1.37. The van der Waals surface area contributed by atoms with Crippen LogP contribution in [0.15, 0.2) is 53.8 Å². The number of benzene rings is 1. The number of amidine groups is 1. The van der Waals surface area contributed by atoms with Crippen LogP contribution >= 0.6 is 11.6 Å². The molecule has 0 aliphatic heterocycles. The highest BCUT2D eigenvalue weighted by Gasteiger charge is 1.97. The Bertz CT molecular complexity index is 491. The van der Waals surface area contributed by atoms with Crippen molar-refractivity contribution in [3.8, 4) is 0 Å². The first-order valence-electron chi connectivity index (χ1n) is 4.76. The van der Waals surface area contributed by atoms with Gasteiger partial charge in [0, 0.05) is 23.0 Å². The van der Waals surface area contributed by atoms with E-state index in [9.17, 15) is 0 Å². The standard InChI is InChI=1S/C12H10ClN3/c13-10-1-3-11(4-2-10)16-12(14)9-5-7-15-8-6-9/h1-8H,(H2,14,16). The Hall–Kier alpha value is -1.87. The second kappa shape index (κ2) is 4.77. The lowest BCUT2D eigenvalue weighted by molar-refractivity contribution is 1.31. The molecular weight excluding hydrogens is 222 g/mol. The normalized spacial score (nSPS) is 11.4. The van der Waals surface area contributed by atoms with Crippen LogP contribution in [0.4, 0.5) is 5.69 Å². The van der Waals surface area contributed by atoms with E-state index in [1.54, 1.807) is 24.5 Å². The maximum absolute atomic E-state index is 5.85. The highest BCUT2D eigenvalue weighted by atomic mass is 35.5. The van der Waals surface area contributed by atoms with Crippen molar-refractivity contribution >= 4 is 23.1 Å². The highest BCUT2D eigenvalue weighted by Crippen LogP contribution is 2.16. The summed E-state index contributed by atoms with van der Waals surface area (Å²) in [6, 6.07) is 10.8. The van der Waals surface area contributed by atoms with Crippen molar-refractivity contribution in [3.05, 3.63) is 59.4 Å². The van der Waals surface area contributed by atoms with Gasteiger partial charge in [-0.05, 0) is 36.4 Å². The molecule has 0 unspecified atom stereocenters. The van der Waals surface area contributed by atoms with E-state index < -0.39 is 0 Å². The van der Waals surface area contributed by atoms with Crippen LogP contribution in [0, 0.1) is 0 Å². The third-order valence-corrected chi connectivity index (χ3v) is 2.30. The molecule has 1 heterocycles. The van der Waals surface area contributed by atoms with Gasteiger partial charge in [-0.25, -0.2) is 4.99 Å². The Morgan fingerprint density at radius 2 is 1.69 bits per heavy atom. The van der Waals surface area contributed by atoms with E-state index in [0.717, 1.165) is 11.3 Å². The van der Waals surface area contributed by atoms with Crippen molar-refractivity contribution in [3.63, 3.8) is 0 Å². The number of hydrogen-bond donors (Lipinski definition) is 1. The molecule has 2 aromatic rings. The molecule has 80 valence electrons. The molecule has 0 spiro atoms. The first-order chi connectivity index (χ1) is 7.75. The molecule has 1 aromatic carbocycles. The molecule has 1 aromatic heterocycles. The molecule has 2 N–H and O–H groups in total. The van der Waals surface area contributed by atoms with Gasteiger partial charge in [-0.3, -0.25) is 4.98 Å². The number of nitrogens with zero attached hydrogens (tertiary/aromatic N) is 2. The summed E-state index contributed by atoms with van der Waals surface area (Å²) in [7, 11) is 0. The number of pyridine rings is 1. The Balaban J connectivity index is 2.28. The van der Waals surface area contributed by atoms with Crippen LogP contribution in [-0.2, 0) is 0 Å². The van der Waals surface area contributed by atoms with Crippen LogP contribution in [0.2, 0.25) is 5.02 Å². The minimum Gasteiger partial charge on any atom is -0.383 e. The second-order valence-corrected chi connectivity index (χ2v) is 3.65. The third-order valence-electron chi connectivity index (χ3n) is 2.05. The van der Waals surface area contributed by atoms with Crippen LogP contribution in [-0.4, -0.2) is 10.8 Å². The Morgan fingerprint density at radius 1 is 1.06 bits per heavy atom. The minimum atomic E-state index is 0.463. The summed E-state index contributed by atoms with van der Waals surface area (Å²) in [6.07, 6.45) is 3.36. The van der Waals surface area contributed by atoms with Crippen LogP contribution in [0.5, 0.6) is 0 Å². The zero-order valence-electron chi connectivity index (χ0n) is 8.47. The van der Waals surface area contributed by atoms with Crippen molar-refractivity contribution in [1.29, 1.82) is 0 Å². The summed E-state index contributed by atoms with van der Waals surface area (Å²) in [6.45, 7) is 0. The van der Waals surface area contributed by atoms with Crippen LogP contribution in [0.25, 0.3) is 0 Å². The monoisotopic (exact) mass is 231 g/mol. The smallest absolute Gasteiger partial charge is 0.131 e. The Labute approximate surface area is 98.6 Å². The second-order valence-electron chi connectivity index (χ2n) is 3.21. The van der Waals surface area contributed by atoms with Crippen LogP contribution in [0.1, 0.15) is 5.56 Å². The number of nitrogens with two attached hydrogens (primary N) is 1. The fraction of sp³-hybridized carbons (Fsp3) is 0. The summed E-state index contributed by atoms with van der Waals surface area (Å²) < 4.78 is 0. The molecular formula is C12H10ClN3. The highest BCUT2D eigenvalue weighted by molar-refractivity contribution is 6.30. The third kappa shape index (κ3) is 2.58. The van der Waals surface area contributed by atoms with Gasteiger partial charge in [-0.1, -0.05) is 11.6 Å². The molecule has 0 radical (unpaired) electrons. The SMILES string of the molecule is NC(=Nc1ccc(Cl)cc1)c1ccncc1. The summed E-state index contributed by atoms with van der Waals surface area (Å²) in [4.78, 5) is 8.20. The summed E-state index contributed by atoms with van der Waals surface area (Å²) in [5, 5.41) is 0.682. The molecule has 0 amide bonds. The summed E-state index contributed by atoms with van der Waals surface area (Å²) in [5.74, 6) is 0.463. The van der Waals surface area contributed by atoms with Crippen molar-refractivity contribution in [1.82, 2.24) is 4.98 Å². The number of aliphatic imine (C=N–C) groups is 1. The lowest BCUT2D eigenvalue weighted by Crippen LogP contribution is -2.12. The molecule has 0 aliphatic carbocycles. The van der Waals surface area contributed by atoms with Gasteiger partial charge in [-0.15, -0.1) is 0 Å². The van der Waals surface area contributed by atoms with Crippen LogP contribution in [0.3, 0.4) is 0 Å². The van der Waals surface area contributed by atoms with Crippen molar-refractivity contribution in [2.75, 3.05) is 0 Å². The maximum atomic E-state index is 5.85. The number of halogens is 1. The Morgan fingerprint density at radius 3 is 2.31 bits per heavy atom. The fourth-order valence-electron chi connectivity index (χ4n) is 1.24. The maximum Gasteiger partial charge on any atom is 0.131 e. The van der Waals surface area contributed by atoms with Gasteiger partial charge in [0.2, 0.25) is 0 Å². The molecule has 4 heteroatoms. The molecule has 3 nitrogen and oxygen atoms in total. The van der Waals surface area contributed by atoms with Crippen molar-refractivity contribution in [2.24, 2.45) is 10.7 Å². The predicted octanol–water partition coefficient (Wildman–Crippen LogP) is 2.77. The van der Waals surface area contributed by atoms with Crippen LogP contribution < -0.4 is 5.73 Å². The van der Waals surface area contributed by atoms with Gasteiger partial charge in [0.25, 0.3) is 0 Å². The average molecular weight is 232 g/mol. The molecule has 0 aliphatic rings. The first kappa shape index (κ1) is 10.6. The summed E-state index contributed by atoms with van der Waals surface area (Å²) in [5.41, 5.74) is 7.48. The van der Waals surface area contributed by atoms with E-state index in [1.807, 2.05) is 24.3 Å². The first-order valence-corrected chi connectivity index (χ1v) is 5.13. The van der Waals surface area contributed by atoms with Gasteiger partial charge in [0.1, 0.15) is 5.84 Å². The van der Waals surface area contributed by atoms with E-state index in [-0.39, 0.29) is 0 Å². The van der Waals surface area contributed by atoms with Crippen molar-refractivity contribution in [2.45, 2.75) is 0 Å². The predicted molar refractivity (Wildman–Crippen MR) is 66.1 cm³/mol. The molecule has 0 saturated heterocycles. The van der Waals surface area contributed by atoms with Gasteiger partial charge in [0.15, 0.2) is 0 Å². The van der Waals surface area contributed by atoms with Gasteiger partial charge >= 0.3 is 0 Å². The topological polar surface area (TPSA) is 51.3 Å². The van der Waals surface area contributed by atoms with E-state index in [2.05, 4.69) is 9.98 Å². The average Bonchev–Trinajstić information content (AvgIpc) is 2.33. The number of rotatable bonds is 2. The number of hydrogen-bond acceptors (Lipinski definition) is 2. The van der Waals surface area contributed by atoms with Gasteiger partial charge in [0.05, 0.1) is 5.69 Å². The number of aromatic nitrogens is 1. The van der Waals surface area contributed by atoms with E-state index in [1.165, 1.54) is 0 Å². The molecule has 2 rings (SSSR count). The lowest BCUT2D eigenvalue weighted by Gasteiger charge is -2.00. The lowest BCUT2D eigenvalue weighted by atomic mass is 10.2. The largest absolute Gasteiger partial charge is 0.383 e. The van der Waals surface area contributed by atoms with E-state index in [0.29, 0.717) is 10.9 Å². The zero-order valence-corrected chi connectivity index (χ0v) is 9.22. The molecule has 0 bridgehead atoms. The quantitative estimate of drug-likeness (QED) is 0.638. The Kier molecular flexibility index (Phi) is 3.17. The minimum absolute atomic E-state index is 0.463.